The summed E-state index contributed by atoms with van der Waals surface area (Å²) in [5.41, 5.74) is 1.53. The van der Waals surface area contributed by atoms with Crippen LogP contribution < -0.4 is 0 Å². The Morgan fingerprint density at radius 3 is 1.94 bits per heavy atom. The van der Waals surface area contributed by atoms with E-state index in [1.54, 1.807) is 36.4 Å². The van der Waals surface area contributed by atoms with Gasteiger partial charge in [-0.1, -0.05) is 81.0 Å². The van der Waals surface area contributed by atoms with Gasteiger partial charge in [-0.3, -0.25) is 4.79 Å². The number of aryl methyl sites for hydroxylation is 1. The molecule has 0 spiro atoms. The first-order chi connectivity index (χ1) is 15.7. The molecule has 0 aliphatic rings. The highest BCUT2D eigenvalue weighted by molar-refractivity contribution is 6.09. The van der Waals surface area contributed by atoms with E-state index >= 15 is 0 Å². The summed E-state index contributed by atoms with van der Waals surface area (Å²) in [7, 11) is 0. The van der Waals surface area contributed by atoms with Gasteiger partial charge >= 0.3 is 5.97 Å². The third-order valence-corrected chi connectivity index (χ3v) is 5.61. The van der Waals surface area contributed by atoms with Crippen molar-refractivity contribution in [3.8, 4) is 0 Å². The van der Waals surface area contributed by atoms with E-state index in [4.69, 9.17) is 4.74 Å². The number of hydrogen-bond acceptors (Lipinski definition) is 3. The van der Waals surface area contributed by atoms with Gasteiger partial charge in [-0.2, -0.15) is 0 Å². The maximum Gasteiger partial charge on any atom is 0.338 e. The van der Waals surface area contributed by atoms with Crippen LogP contribution in [0.3, 0.4) is 0 Å². The highest BCUT2D eigenvalue weighted by Gasteiger charge is 2.13. The van der Waals surface area contributed by atoms with Crippen LogP contribution in [0.2, 0.25) is 0 Å². The first-order valence-corrected chi connectivity index (χ1v) is 11.7. The van der Waals surface area contributed by atoms with Crippen LogP contribution in [0.5, 0.6) is 0 Å². The molecule has 3 rings (SSSR count). The van der Waals surface area contributed by atoms with Gasteiger partial charge in [-0.05, 0) is 37.1 Å². The smallest absolute Gasteiger partial charge is 0.338 e. The van der Waals surface area contributed by atoms with Gasteiger partial charge in [0.15, 0.2) is 5.78 Å². The first-order valence-electron chi connectivity index (χ1n) is 11.7. The van der Waals surface area contributed by atoms with Gasteiger partial charge in [-0.15, -0.1) is 0 Å². The van der Waals surface area contributed by atoms with Crippen molar-refractivity contribution >= 4 is 11.8 Å². The lowest BCUT2D eigenvalue weighted by Gasteiger charge is -2.07. The Hall–Kier alpha value is -3.14. The number of benzene rings is 2. The number of esters is 1. The molecule has 32 heavy (non-hydrogen) atoms. The molecule has 168 valence electrons. The molecule has 0 aliphatic carbocycles. The molecule has 0 amide bonds. The number of carbonyl (C=O) groups excluding carboxylic acids is 2. The topological polar surface area (TPSA) is 48.3 Å². The van der Waals surface area contributed by atoms with Gasteiger partial charge < -0.3 is 9.30 Å². The Bertz CT molecular complexity index is 948. The Kier molecular flexibility index (Phi) is 9.78. The lowest BCUT2D eigenvalue weighted by atomic mass is 10.0. The van der Waals surface area contributed by atoms with Crippen molar-refractivity contribution in [3.05, 3.63) is 95.8 Å². The summed E-state index contributed by atoms with van der Waals surface area (Å²) in [4.78, 5) is 24.9. The third-order valence-electron chi connectivity index (χ3n) is 5.61. The minimum atomic E-state index is -0.365. The van der Waals surface area contributed by atoms with Gasteiger partial charge in [0.25, 0.3) is 0 Å². The molecule has 3 aromatic rings. The molecule has 0 saturated heterocycles. The SMILES string of the molecule is O=C(OCCCCCCCCCCn1cccc1)c1cccc(C(=O)c2ccccc2)c1. The fraction of sp³-hybridized carbons (Fsp3) is 0.357. The molecule has 1 aromatic heterocycles. The van der Waals surface area contributed by atoms with Crippen molar-refractivity contribution in [1.29, 1.82) is 0 Å². The molecule has 4 nitrogen and oxygen atoms in total. The number of ketones is 1. The molecule has 0 atom stereocenters. The second-order valence-corrected chi connectivity index (χ2v) is 8.16. The van der Waals surface area contributed by atoms with Crippen LogP contribution in [-0.4, -0.2) is 22.9 Å². The Labute approximate surface area is 191 Å². The van der Waals surface area contributed by atoms with Crippen molar-refractivity contribution in [2.24, 2.45) is 0 Å². The van der Waals surface area contributed by atoms with Crippen LogP contribution in [0.25, 0.3) is 0 Å². The van der Waals surface area contributed by atoms with E-state index in [1.165, 1.54) is 38.5 Å². The monoisotopic (exact) mass is 431 g/mol. The number of aromatic nitrogens is 1. The van der Waals surface area contributed by atoms with Crippen LogP contribution >= 0.6 is 0 Å². The van der Waals surface area contributed by atoms with E-state index in [2.05, 4.69) is 29.1 Å². The van der Waals surface area contributed by atoms with Crippen molar-refractivity contribution in [2.45, 2.75) is 57.9 Å². The molecule has 1 heterocycles. The van der Waals surface area contributed by atoms with Gasteiger partial charge in [0, 0.05) is 30.1 Å². The molecule has 0 N–H and O–H groups in total. The molecule has 0 saturated carbocycles. The standard InChI is InChI=1S/C28H33NO3/c30-27(24-15-8-7-9-16-24)25-17-14-18-26(23-25)28(31)32-22-13-6-4-2-1-3-5-10-19-29-20-11-12-21-29/h7-9,11-12,14-18,20-21,23H,1-6,10,13,19,22H2. The van der Waals surface area contributed by atoms with Crippen LogP contribution in [0, 0.1) is 0 Å². The average molecular weight is 432 g/mol. The molecule has 4 heteroatoms. The zero-order valence-corrected chi connectivity index (χ0v) is 18.7. The zero-order valence-electron chi connectivity index (χ0n) is 18.7. The first kappa shape index (κ1) is 23.5. The fourth-order valence-electron chi connectivity index (χ4n) is 3.77. The van der Waals surface area contributed by atoms with E-state index < -0.39 is 0 Å². The second kappa shape index (κ2) is 13.3. The maximum absolute atomic E-state index is 12.6. The fourth-order valence-corrected chi connectivity index (χ4v) is 3.77. The Morgan fingerprint density at radius 2 is 1.22 bits per heavy atom. The molecule has 0 aliphatic heterocycles. The van der Waals surface area contributed by atoms with Crippen LogP contribution in [0.1, 0.15) is 77.6 Å². The van der Waals surface area contributed by atoms with E-state index in [0.29, 0.717) is 23.3 Å². The van der Waals surface area contributed by atoms with Gasteiger partial charge in [0.05, 0.1) is 12.2 Å². The maximum atomic E-state index is 12.6. The predicted octanol–water partition coefficient (Wildman–Crippen LogP) is 6.70. The van der Waals surface area contributed by atoms with E-state index in [9.17, 15) is 9.59 Å². The van der Waals surface area contributed by atoms with Gasteiger partial charge in [0.1, 0.15) is 0 Å². The summed E-state index contributed by atoms with van der Waals surface area (Å²) in [6.45, 7) is 1.54. The number of carbonyl (C=O) groups is 2. The minimum absolute atomic E-state index is 0.0926. The second-order valence-electron chi connectivity index (χ2n) is 8.16. The third kappa shape index (κ3) is 7.84. The van der Waals surface area contributed by atoms with E-state index in [-0.39, 0.29) is 11.8 Å². The molecule has 0 radical (unpaired) electrons. The van der Waals surface area contributed by atoms with Crippen molar-refractivity contribution < 1.29 is 14.3 Å². The largest absolute Gasteiger partial charge is 0.462 e. The molecule has 2 aromatic carbocycles. The summed E-state index contributed by atoms with van der Waals surface area (Å²) in [6, 6.07) is 20.0. The van der Waals surface area contributed by atoms with Crippen LogP contribution in [-0.2, 0) is 11.3 Å². The predicted molar refractivity (Wildman–Crippen MR) is 128 cm³/mol. The lowest BCUT2D eigenvalue weighted by Crippen LogP contribution is -2.08. The van der Waals surface area contributed by atoms with Crippen molar-refractivity contribution in [3.63, 3.8) is 0 Å². The highest BCUT2D eigenvalue weighted by atomic mass is 16.5. The van der Waals surface area contributed by atoms with Crippen molar-refractivity contribution in [1.82, 2.24) is 4.57 Å². The zero-order chi connectivity index (χ0) is 22.4. The summed E-state index contributed by atoms with van der Waals surface area (Å²) in [5, 5.41) is 0. The van der Waals surface area contributed by atoms with E-state index in [1.807, 2.05) is 18.2 Å². The molecular formula is C28H33NO3. The number of unbranched alkanes of at least 4 members (excludes halogenated alkanes) is 7. The summed E-state index contributed by atoms with van der Waals surface area (Å²) in [5.74, 6) is -0.458. The lowest BCUT2D eigenvalue weighted by molar-refractivity contribution is 0.0497. The quantitative estimate of drug-likeness (QED) is 0.162. The minimum Gasteiger partial charge on any atom is -0.462 e. The Balaban J connectivity index is 1.25. The summed E-state index contributed by atoms with van der Waals surface area (Å²) < 4.78 is 7.65. The summed E-state index contributed by atoms with van der Waals surface area (Å²) in [6.07, 6.45) is 13.7. The normalized spacial score (nSPS) is 10.8. The Morgan fingerprint density at radius 1 is 0.625 bits per heavy atom. The molecule has 0 unspecified atom stereocenters. The number of nitrogens with zero attached hydrogens (tertiary/aromatic N) is 1. The van der Waals surface area contributed by atoms with Crippen LogP contribution in [0.15, 0.2) is 79.1 Å². The highest BCUT2D eigenvalue weighted by Crippen LogP contribution is 2.14. The number of hydrogen-bond donors (Lipinski definition) is 0. The summed E-state index contributed by atoms with van der Waals surface area (Å²) >= 11 is 0. The number of ether oxygens (including phenoxy) is 1. The van der Waals surface area contributed by atoms with Crippen molar-refractivity contribution in [2.75, 3.05) is 6.61 Å². The molecular weight excluding hydrogens is 398 g/mol. The van der Waals surface area contributed by atoms with Gasteiger partial charge in [0.2, 0.25) is 0 Å². The van der Waals surface area contributed by atoms with E-state index in [0.717, 1.165) is 19.4 Å². The molecule has 0 bridgehead atoms. The number of rotatable bonds is 14. The average Bonchev–Trinajstić information content (AvgIpc) is 3.36. The van der Waals surface area contributed by atoms with Crippen LogP contribution in [0.4, 0.5) is 0 Å². The van der Waals surface area contributed by atoms with Gasteiger partial charge in [-0.25, -0.2) is 4.79 Å². The molecule has 0 fully saturated rings.